The minimum Gasteiger partial charge on any atom is -0.469 e. The number of hydrogen-bond donors (Lipinski definition) is 0. The molecule has 0 spiro atoms. The van der Waals surface area contributed by atoms with Crippen molar-refractivity contribution in [1.29, 1.82) is 0 Å². The van der Waals surface area contributed by atoms with Gasteiger partial charge in [0.2, 0.25) is 0 Å². The van der Waals surface area contributed by atoms with Crippen molar-refractivity contribution in [2.24, 2.45) is 11.3 Å². The van der Waals surface area contributed by atoms with E-state index in [9.17, 15) is 9.59 Å². The quantitative estimate of drug-likeness (QED) is 0.635. The number of methoxy groups -OCH3 is 1. The maximum absolute atomic E-state index is 11.4. The maximum atomic E-state index is 11.4. The zero-order valence-electron chi connectivity index (χ0n) is 11.4. The van der Waals surface area contributed by atoms with Crippen LogP contribution in [0.25, 0.3) is 0 Å². The fraction of sp³-hybridized carbons (Fsp3) is 0.846. The first-order valence-electron chi connectivity index (χ1n) is 6.34. The standard InChI is InChI=1S/C13H22O4S/c1-4-17-12(15)10(2)8-18-9-13(5-6-13)7-11(14)16-3/h10H,4-9H2,1-3H3. The molecule has 5 heteroatoms. The fourth-order valence-corrected chi connectivity index (χ4v) is 3.16. The molecular weight excluding hydrogens is 252 g/mol. The molecule has 0 aromatic carbocycles. The minimum absolute atomic E-state index is 0.0797. The highest BCUT2D eigenvalue weighted by Crippen LogP contribution is 2.51. The summed E-state index contributed by atoms with van der Waals surface area (Å²) >= 11 is 1.73. The number of ether oxygens (including phenoxy) is 2. The highest BCUT2D eigenvalue weighted by atomic mass is 32.2. The summed E-state index contributed by atoms with van der Waals surface area (Å²) in [6.45, 7) is 4.12. The average molecular weight is 274 g/mol. The van der Waals surface area contributed by atoms with Crippen molar-refractivity contribution in [3.8, 4) is 0 Å². The van der Waals surface area contributed by atoms with Crippen LogP contribution in [0.1, 0.15) is 33.1 Å². The van der Waals surface area contributed by atoms with Crippen LogP contribution in [0.3, 0.4) is 0 Å². The van der Waals surface area contributed by atoms with E-state index in [1.807, 2.05) is 13.8 Å². The average Bonchev–Trinajstić information content (AvgIpc) is 3.09. The largest absolute Gasteiger partial charge is 0.469 e. The summed E-state index contributed by atoms with van der Waals surface area (Å²) in [7, 11) is 1.42. The van der Waals surface area contributed by atoms with E-state index in [0.717, 1.165) is 24.3 Å². The van der Waals surface area contributed by atoms with Gasteiger partial charge in [-0.25, -0.2) is 0 Å². The van der Waals surface area contributed by atoms with Crippen LogP contribution in [0.2, 0.25) is 0 Å². The van der Waals surface area contributed by atoms with Crippen molar-refractivity contribution in [2.45, 2.75) is 33.1 Å². The van der Waals surface area contributed by atoms with Gasteiger partial charge < -0.3 is 9.47 Å². The van der Waals surface area contributed by atoms with Crippen LogP contribution in [0, 0.1) is 11.3 Å². The Labute approximate surface area is 113 Å². The van der Waals surface area contributed by atoms with E-state index in [1.54, 1.807) is 11.8 Å². The number of rotatable bonds is 8. The molecule has 1 unspecified atom stereocenters. The molecule has 0 aromatic rings. The molecule has 0 N–H and O–H groups in total. The lowest BCUT2D eigenvalue weighted by Crippen LogP contribution is -2.18. The van der Waals surface area contributed by atoms with Gasteiger partial charge >= 0.3 is 11.9 Å². The van der Waals surface area contributed by atoms with Crippen molar-refractivity contribution < 1.29 is 19.1 Å². The molecule has 18 heavy (non-hydrogen) atoms. The monoisotopic (exact) mass is 274 g/mol. The number of carbonyl (C=O) groups is 2. The molecular formula is C13H22O4S. The first-order chi connectivity index (χ1) is 8.53. The summed E-state index contributed by atoms with van der Waals surface area (Å²) in [5, 5.41) is 0. The van der Waals surface area contributed by atoms with E-state index in [1.165, 1.54) is 7.11 Å². The normalized spacial score (nSPS) is 17.9. The minimum atomic E-state index is -0.136. The number of carbonyl (C=O) groups excluding carboxylic acids is 2. The van der Waals surface area contributed by atoms with Crippen molar-refractivity contribution in [2.75, 3.05) is 25.2 Å². The smallest absolute Gasteiger partial charge is 0.309 e. The summed E-state index contributed by atoms with van der Waals surface area (Å²) in [5.74, 6) is 1.33. The van der Waals surface area contributed by atoms with Gasteiger partial charge in [0.05, 0.1) is 26.1 Å². The molecule has 0 bridgehead atoms. The Balaban J connectivity index is 2.21. The van der Waals surface area contributed by atoms with Crippen LogP contribution in [0.4, 0.5) is 0 Å². The first-order valence-corrected chi connectivity index (χ1v) is 7.49. The van der Waals surface area contributed by atoms with Crippen molar-refractivity contribution in [1.82, 2.24) is 0 Å². The summed E-state index contributed by atoms with van der Waals surface area (Å²) in [6, 6.07) is 0. The van der Waals surface area contributed by atoms with Gasteiger partial charge in [0.25, 0.3) is 0 Å². The molecule has 104 valence electrons. The fourth-order valence-electron chi connectivity index (χ4n) is 1.73. The highest BCUT2D eigenvalue weighted by molar-refractivity contribution is 7.99. The second-order valence-electron chi connectivity index (χ2n) is 4.92. The topological polar surface area (TPSA) is 52.6 Å². The lowest BCUT2D eigenvalue weighted by Gasteiger charge is -2.15. The van der Waals surface area contributed by atoms with E-state index in [-0.39, 0.29) is 23.3 Å². The Kier molecular flexibility index (Phi) is 5.99. The van der Waals surface area contributed by atoms with Crippen LogP contribution in [-0.4, -0.2) is 37.2 Å². The predicted octanol–water partition coefficient (Wildman–Crippen LogP) is 2.26. The molecule has 1 saturated carbocycles. The molecule has 0 saturated heterocycles. The second kappa shape index (κ2) is 7.02. The van der Waals surface area contributed by atoms with Crippen LogP contribution in [0.15, 0.2) is 0 Å². The predicted molar refractivity (Wildman–Crippen MR) is 71.4 cm³/mol. The zero-order valence-corrected chi connectivity index (χ0v) is 12.2. The first kappa shape index (κ1) is 15.3. The Bertz CT molecular complexity index is 299. The van der Waals surface area contributed by atoms with E-state index < -0.39 is 0 Å². The Hall–Kier alpha value is -0.710. The van der Waals surface area contributed by atoms with Crippen LogP contribution in [0.5, 0.6) is 0 Å². The summed E-state index contributed by atoms with van der Waals surface area (Å²) in [5.41, 5.74) is 0.131. The van der Waals surface area contributed by atoms with E-state index >= 15 is 0 Å². The van der Waals surface area contributed by atoms with Crippen molar-refractivity contribution in [3.63, 3.8) is 0 Å². The molecule has 1 aliphatic rings. The second-order valence-corrected chi connectivity index (χ2v) is 5.95. The SMILES string of the molecule is CCOC(=O)C(C)CSCC1(CC(=O)OC)CC1. The van der Waals surface area contributed by atoms with Crippen molar-refractivity contribution >= 4 is 23.7 Å². The Morgan fingerprint density at radius 2 is 2.06 bits per heavy atom. The summed E-state index contributed by atoms with van der Waals surface area (Å²) < 4.78 is 9.66. The van der Waals surface area contributed by atoms with E-state index in [2.05, 4.69) is 0 Å². The molecule has 1 rings (SSSR count). The lowest BCUT2D eigenvalue weighted by molar-refractivity contribution is -0.146. The van der Waals surface area contributed by atoms with Gasteiger partial charge in [-0.05, 0) is 30.9 Å². The van der Waals surface area contributed by atoms with Gasteiger partial charge in [0.1, 0.15) is 0 Å². The lowest BCUT2D eigenvalue weighted by atomic mass is 10.1. The molecule has 1 fully saturated rings. The van der Waals surface area contributed by atoms with Gasteiger partial charge in [-0.3, -0.25) is 9.59 Å². The van der Waals surface area contributed by atoms with Crippen LogP contribution < -0.4 is 0 Å². The third-order valence-electron chi connectivity index (χ3n) is 3.17. The van der Waals surface area contributed by atoms with E-state index in [0.29, 0.717) is 13.0 Å². The van der Waals surface area contributed by atoms with Gasteiger partial charge in [-0.2, -0.15) is 11.8 Å². The molecule has 1 atom stereocenters. The van der Waals surface area contributed by atoms with Gasteiger partial charge in [-0.15, -0.1) is 0 Å². The van der Waals surface area contributed by atoms with Gasteiger partial charge in [0.15, 0.2) is 0 Å². The van der Waals surface area contributed by atoms with Crippen molar-refractivity contribution in [3.05, 3.63) is 0 Å². The number of thioether (sulfide) groups is 1. The molecule has 0 aromatic heterocycles. The maximum Gasteiger partial charge on any atom is 0.309 e. The third kappa shape index (κ3) is 4.88. The number of esters is 2. The molecule has 1 aliphatic carbocycles. The number of hydrogen-bond acceptors (Lipinski definition) is 5. The summed E-state index contributed by atoms with van der Waals surface area (Å²) in [4.78, 5) is 22.7. The van der Waals surface area contributed by atoms with E-state index in [4.69, 9.17) is 9.47 Å². The molecule has 0 radical (unpaired) electrons. The van der Waals surface area contributed by atoms with Gasteiger partial charge in [0, 0.05) is 5.75 Å². The zero-order chi connectivity index (χ0) is 13.6. The highest BCUT2D eigenvalue weighted by Gasteiger charge is 2.44. The van der Waals surface area contributed by atoms with Gasteiger partial charge in [-0.1, -0.05) is 6.92 Å². The molecule has 0 heterocycles. The Morgan fingerprint density at radius 1 is 1.39 bits per heavy atom. The Morgan fingerprint density at radius 3 is 2.56 bits per heavy atom. The molecule has 4 nitrogen and oxygen atoms in total. The summed E-state index contributed by atoms with van der Waals surface area (Å²) in [6.07, 6.45) is 2.68. The molecule has 0 amide bonds. The van der Waals surface area contributed by atoms with Crippen LogP contribution >= 0.6 is 11.8 Å². The molecule has 0 aliphatic heterocycles. The third-order valence-corrected chi connectivity index (χ3v) is 4.72. The van der Waals surface area contributed by atoms with Crippen LogP contribution in [-0.2, 0) is 19.1 Å².